The number of hydrogen-bond acceptors (Lipinski definition) is 5. The Labute approximate surface area is 75.1 Å². The highest BCUT2D eigenvalue weighted by Gasteiger charge is 2.07. The zero-order valence-electron chi connectivity index (χ0n) is 7.15. The lowest BCUT2D eigenvalue weighted by Gasteiger charge is -2.04. The Morgan fingerprint density at radius 3 is 2.62 bits per heavy atom. The van der Waals surface area contributed by atoms with Gasteiger partial charge in [-0.15, -0.1) is 9.81 Å². The Morgan fingerprint density at radius 2 is 2.08 bits per heavy atom. The lowest BCUT2D eigenvalue weighted by Crippen LogP contribution is -1.96. The second kappa shape index (κ2) is 4.30. The summed E-state index contributed by atoms with van der Waals surface area (Å²) < 4.78 is 0. The van der Waals surface area contributed by atoms with Crippen LogP contribution in [0, 0.1) is 9.81 Å². The molecule has 0 amide bonds. The third-order valence-corrected chi connectivity index (χ3v) is 1.57. The van der Waals surface area contributed by atoms with Gasteiger partial charge >= 0.3 is 0 Å². The molecular weight excluding hydrogens is 170 g/mol. The monoisotopic (exact) mass is 179 g/mol. The number of hydrogen-bond donors (Lipinski definition) is 1. The first-order valence-electron chi connectivity index (χ1n) is 3.87. The van der Waals surface area contributed by atoms with Gasteiger partial charge in [-0.25, -0.2) is 0 Å². The Kier molecular flexibility index (Phi) is 3.08. The van der Waals surface area contributed by atoms with Crippen molar-refractivity contribution in [2.75, 3.05) is 11.9 Å². The molecule has 68 valence electrons. The molecule has 0 saturated heterocycles. The predicted octanol–water partition coefficient (Wildman–Crippen LogP) is 2.91. The summed E-state index contributed by atoms with van der Waals surface area (Å²) in [5, 5.41) is 8.36. The quantitative estimate of drug-likeness (QED) is 0.722. The summed E-state index contributed by atoms with van der Waals surface area (Å²) in [7, 11) is 0. The number of nitrogens with one attached hydrogen (secondary N) is 1. The number of nitrogens with zero attached hydrogens (tertiary/aromatic N) is 2. The number of rotatable bonds is 4. The zero-order chi connectivity index (χ0) is 9.68. The molecule has 0 heterocycles. The Hall–Kier alpha value is -1.78. The Bertz CT molecular complexity index is 325. The summed E-state index contributed by atoms with van der Waals surface area (Å²) in [6.45, 7) is 2.54. The van der Waals surface area contributed by atoms with E-state index in [2.05, 4.69) is 15.7 Å². The Morgan fingerprint density at radius 1 is 1.31 bits per heavy atom. The summed E-state index contributed by atoms with van der Waals surface area (Å²) in [5.41, 5.74) is 0.669. The van der Waals surface area contributed by atoms with E-state index in [0.29, 0.717) is 12.2 Å². The summed E-state index contributed by atoms with van der Waals surface area (Å²) in [6.07, 6.45) is 0. The van der Waals surface area contributed by atoms with Crippen molar-refractivity contribution < 1.29 is 0 Å². The largest absolute Gasteiger partial charge is 0.383 e. The van der Waals surface area contributed by atoms with Gasteiger partial charge in [-0.05, 0) is 29.4 Å². The van der Waals surface area contributed by atoms with E-state index in [-0.39, 0.29) is 11.4 Å². The molecule has 5 heteroatoms. The highest BCUT2D eigenvalue weighted by atomic mass is 16.3. The van der Waals surface area contributed by atoms with Crippen LogP contribution in [0.2, 0.25) is 0 Å². The van der Waals surface area contributed by atoms with Crippen LogP contribution in [-0.4, -0.2) is 6.54 Å². The Balaban J connectivity index is 3.18. The number of anilines is 1. The maximum absolute atomic E-state index is 10.4. The zero-order valence-corrected chi connectivity index (χ0v) is 7.15. The minimum absolute atomic E-state index is 0.0634. The average Bonchev–Trinajstić information content (AvgIpc) is 2.18. The molecule has 1 N–H and O–H groups in total. The van der Waals surface area contributed by atoms with Crippen molar-refractivity contribution >= 4 is 17.1 Å². The van der Waals surface area contributed by atoms with Crippen molar-refractivity contribution in [1.29, 1.82) is 0 Å². The van der Waals surface area contributed by atoms with Crippen LogP contribution < -0.4 is 5.32 Å². The van der Waals surface area contributed by atoms with Gasteiger partial charge in [0.05, 0.1) is 5.69 Å². The molecule has 13 heavy (non-hydrogen) atoms. The third kappa shape index (κ3) is 1.87. The van der Waals surface area contributed by atoms with E-state index < -0.39 is 0 Å². The summed E-state index contributed by atoms with van der Waals surface area (Å²) in [4.78, 5) is 20.7. The van der Waals surface area contributed by atoms with Crippen LogP contribution in [0.25, 0.3) is 0 Å². The maximum Gasteiger partial charge on any atom is 0.160 e. The summed E-state index contributed by atoms with van der Waals surface area (Å²) >= 11 is 0. The second-order valence-electron chi connectivity index (χ2n) is 2.39. The van der Waals surface area contributed by atoms with Gasteiger partial charge in [-0.1, -0.05) is 6.07 Å². The van der Waals surface area contributed by atoms with Crippen LogP contribution in [0.5, 0.6) is 0 Å². The minimum Gasteiger partial charge on any atom is -0.383 e. The number of nitroso groups, excluding NO2 is 2. The van der Waals surface area contributed by atoms with Gasteiger partial charge in [0.15, 0.2) is 5.69 Å². The van der Waals surface area contributed by atoms with Crippen molar-refractivity contribution in [1.82, 2.24) is 0 Å². The van der Waals surface area contributed by atoms with E-state index >= 15 is 0 Å². The van der Waals surface area contributed by atoms with Crippen LogP contribution in [0.1, 0.15) is 6.92 Å². The molecule has 0 bridgehead atoms. The van der Waals surface area contributed by atoms with Gasteiger partial charge in [0.2, 0.25) is 0 Å². The molecule has 0 radical (unpaired) electrons. The van der Waals surface area contributed by atoms with E-state index in [4.69, 9.17) is 0 Å². The molecule has 0 aromatic heterocycles. The first-order valence-corrected chi connectivity index (χ1v) is 3.87. The normalized spacial score (nSPS) is 9.31. The highest BCUT2D eigenvalue weighted by molar-refractivity contribution is 5.77. The van der Waals surface area contributed by atoms with Crippen LogP contribution in [0.3, 0.4) is 0 Å². The molecule has 0 aliphatic heterocycles. The molecule has 0 atom stereocenters. The van der Waals surface area contributed by atoms with Crippen molar-refractivity contribution in [2.24, 2.45) is 10.4 Å². The molecule has 0 aliphatic rings. The van der Waals surface area contributed by atoms with Gasteiger partial charge in [0.25, 0.3) is 0 Å². The summed E-state index contributed by atoms with van der Waals surface area (Å²) in [5.74, 6) is 0. The fraction of sp³-hybridized carbons (Fsp3) is 0.250. The van der Waals surface area contributed by atoms with Crippen LogP contribution in [0.15, 0.2) is 28.6 Å². The molecule has 0 unspecified atom stereocenters. The molecule has 1 aromatic carbocycles. The first kappa shape index (κ1) is 9.31. The number of benzene rings is 1. The van der Waals surface area contributed by atoms with Gasteiger partial charge in [-0.3, -0.25) is 0 Å². The van der Waals surface area contributed by atoms with E-state index in [0.717, 1.165) is 0 Å². The van der Waals surface area contributed by atoms with E-state index in [1.165, 1.54) is 6.07 Å². The highest BCUT2D eigenvalue weighted by Crippen LogP contribution is 2.34. The molecule has 5 nitrogen and oxygen atoms in total. The van der Waals surface area contributed by atoms with Gasteiger partial charge in [0, 0.05) is 6.54 Å². The second-order valence-corrected chi connectivity index (χ2v) is 2.39. The van der Waals surface area contributed by atoms with Crippen molar-refractivity contribution in [2.45, 2.75) is 6.92 Å². The fourth-order valence-corrected chi connectivity index (χ4v) is 1.03. The summed E-state index contributed by atoms with van der Waals surface area (Å²) in [6, 6.07) is 4.77. The smallest absolute Gasteiger partial charge is 0.160 e. The molecule has 1 rings (SSSR count). The predicted molar refractivity (Wildman–Crippen MR) is 51.5 cm³/mol. The van der Waals surface area contributed by atoms with Crippen LogP contribution >= 0.6 is 0 Å². The molecule has 0 spiro atoms. The molecule has 0 saturated carbocycles. The molecule has 0 fully saturated rings. The molecular formula is C8H9N3O2. The fourth-order valence-electron chi connectivity index (χ4n) is 1.03. The topological polar surface area (TPSA) is 70.9 Å². The van der Waals surface area contributed by atoms with Crippen molar-refractivity contribution in [3.8, 4) is 0 Å². The van der Waals surface area contributed by atoms with E-state index in [1.54, 1.807) is 12.1 Å². The van der Waals surface area contributed by atoms with Crippen molar-refractivity contribution in [3.63, 3.8) is 0 Å². The maximum atomic E-state index is 10.4. The molecule has 1 aromatic rings. The van der Waals surface area contributed by atoms with E-state index in [1.807, 2.05) is 6.92 Å². The van der Waals surface area contributed by atoms with Gasteiger partial charge in [0.1, 0.15) is 5.69 Å². The SMILES string of the molecule is CCNc1cccc(N=O)c1N=O. The lowest BCUT2D eigenvalue weighted by atomic mass is 10.2. The first-order chi connectivity index (χ1) is 6.33. The van der Waals surface area contributed by atoms with Crippen molar-refractivity contribution in [3.05, 3.63) is 28.0 Å². The van der Waals surface area contributed by atoms with Crippen LogP contribution in [-0.2, 0) is 0 Å². The van der Waals surface area contributed by atoms with Gasteiger partial charge < -0.3 is 5.32 Å². The lowest BCUT2D eigenvalue weighted by molar-refractivity contribution is 1.21. The van der Waals surface area contributed by atoms with E-state index in [9.17, 15) is 9.81 Å². The molecule has 0 aliphatic carbocycles. The van der Waals surface area contributed by atoms with Gasteiger partial charge in [-0.2, -0.15) is 0 Å². The minimum atomic E-state index is 0.0634. The van der Waals surface area contributed by atoms with Crippen LogP contribution in [0.4, 0.5) is 17.1 Å². The third-order valence-electron chi connectivity index (χ3n) is 1.57. The standard InChI is InChI=1S/C8H9N3O2/c1-2-9-6-4-3-5-7(10-12)8(6)11-13/h3-5,9H,2H2,1H3. The average molecular weight is 179 g/mol.